The van der Waals surface area contributed by atoms with Crippen molar-refractivity contribution in [3.8, 4) is 11.6 Å². The van der Waals surface area contributed by atoms with Crippen LogP contribution in [0.4, 0.5) is 19.0 Å². The first-order valence-corrected chi connectivity index (χ1v) is 6.46. The number of aryl methyl sites for hydroxylation is 1. The molecule has 0 aliphatic rings. The molecule has 1 aromatic carbocycles. The third kappa shape index (κ3) is 4.11. The van der Waals surface area contributed by atoms with Crippen molar-refractivity contribution in [1.82, 2.24) is 4.98 Å². The van der Waals surface area contributed by atoms with Gasteiger partial charge < -0.3 is 10.1 Å². The number of nitrogens with zero attached hydrogens (tertiary/aromatic N) is 1. The van der Waals surface area contributed by atoms with Gasteiger partial charge in [-0.25, -0.2) is 0 Å². The van der Waals surface area contributed by atoms with E-state index in [2.05, 4.69) is 10.3 Å². The Kier molecular flexibility index (Phi) is 4.35. The summed E-state index contributed by atoms with van der Waals surface area (Å²) >= 11 is 0. The molecule has 1 aromatic heterocycles. The van der Waals surface area contributed by atoms with Crippen molar-refractivity contribution in [1.29, 1.82) is 0 Å². The Hall–Kier alpha value is -2.24. The topological polar surface area (TPSA) is 34.1 Å². The average molecular weight is 296 g/mol. The quantitative estimate of drug-likeness (QED) is 0.893. The highest BCUT2D eigenvalue weighted by Crippen LogP contribution is 2.33. The third-order valence-corrected chi connectivity index (χ3v) is 2.73. The zero-order valence-electron chi connectivity index (χ0n) is 11.7. The average Bonchev–Trinajstić information content (AvgIpc) is 2.41. The highest BCUT2D eigenvalue weighted by Gasteiger charge is 2.32. The maximum atomic E-state index is 12.9. The van der Waals surface area contributed by atoms with Gasteiger partial charge in [0.2, 0.25) is 5.88 Å². The van der Waals surface area contributed by atoms with Crippen LogP contribution in [0.15, 0.2) is 36.4 Å². The van der Waals surface area contributed by atoms with Crippen molar-refractivity contribution >= 4 is 5.82 Å². The van der Waals surface area contributed by atoms with Gasteiger partial charge >= 0.3 is 6.18 Å². The molecule has 112 valence electrons. The Labute approximate surface area is 120 Å². The maximum Gasteiger partial charge on any atom is 0.416 e. The normalized spacial score (nSPS) is 11.3. The zero-order valence-corrected chi connectivity index (χ0v) is 11.7. The Balaban J connectivity index is 2.33. The molecule has 0 saturated heterocycles. The summed E-state index contributed by atoms with van der Waals surface area (Å²) in [4.78, 5) is 4.02. The van der Waals surface area contributed by atoms with E-state index in [4.69, 9.17) is 4.74 Å². The van der Waals surface area contributed by atoms with E-state index >= 15 is 0 Å². The first-order valence-electron chi connectivity index (χ1n) is 6.46. The second kappa shape index (κ2) is 6.03. The minimum Gasteiger partial charge on any atom is -0.439 e. The summed E-state index contributed by atoms with van der Waals surface area (Å²) in [6, 6.07) is 8.85. The van der Waals surface area contributed by atoms with E-state index in [0.717, 1.165) is 17.7 Å². The molecular weight excluding hydrogens is 281 g/mol. The Morgan fingerprint density at radius 1 is 1.14 bits per heavy atom. The Morgan fingerprint density at radius 3 is 2.38 bits per heavy atom. The van der Waals surface area contributed by atoms with Crippen LogP contribution in [-0.2, 0) is 6.18 Å². The summed E-state index contributed by atoms with van der Waals surface area (Å²) in [5.41, 5.74) is 0.239. The molecule has 1 N–H and O–H groups in total. The van der Waals surface area contributed by atoms with Gasteiger partial charge in [-0.2, -0.15) is 18.2 Å². The first kappa shape index (κ1) is 15.2. The lowest BCUT2D eigenvalue weighted by atomic mass is 10.2. The van der Waals surface area contributed by atoms with Crippen molar-refractivity contribution < 1.29 is 17.9 Å². The van der Waals surface area contributed by atoms with Gasteiger partial charge in [-0.3, -0.25) is 0 Å². The molecule has 6 heteroatoms. The standard InChI is InChI=1S/C15H15F3N2O/c1-3-19-13-8-11(15(16,17)18)9-14(20-13)21-12-6-4-10(2)5-7-12/h4-9H,3H2,1-2H3,(H,19,20). The van der Waals surface area contributed by atoms with Gasteiger partial charge in [0.1, 0.15) is 11.6 Å². The van der Waals surface area contributed by atoms with Crippen LogP contribution in [0.1, 0.15) is 18.1 Å². The van der Waals surface area contributed by atoms with Gasteiger partial charge in [0, 0.05) is 12.6 Å². The number of alkyl halides is 3. The fraction of sp³-hybridized carbons (Fsp3) is 0.267. The van der Waals surface area contributed by atoms with Gasteiger partial charge in [0.05, 0.1) is 5.56 Å². The number of pyridine rings is 1. The molecule has 0 unspecified atom stereocenters. The molecule has 0 saturated carbocycles. The number of benzene rings is 1. The predicted molar refractivity (Wildman–Crippen MR) is 74.7 cm³/mol. The highest BCUT2D eigenvalue weighted by atomic mass is 19.4. The van der Waals surface area contributed by atoms with Gasteiger partial charge in [0.15, 0.2) is 0 Å². The van der Waals surface area contributed by atoms with E-state index in [-0.39, 0.29) is 11.7 Å². The summed E-state index contributed by atoms with van der Waals surface area (Å²) < 4.78 is 44.0. The molecule has 3 nitrogen and oxygen atoms in total. The van der Waals surface area contributed by atoms with Crippen molar-refractivity contribution in [2.45, 2.75) is 20.0 Å². The van der Waals surface area contributed by atoms with E-state index in [0.29, 0.717) is 12.3 Å². The van der Waals surface area contributed by atoms with Gasteiger partial charge in [0.25, 0.3) is 0 Å². The SMILES string of the molecule is CCNc1cc(C(F)(F)F)cc(Oc2ccc(C)cc2)n1. The van der Waals surface area contributed by atoms with Crippen molar-refractivity contribution in [3.05, 3.63) is 47.5 Å². The molecule has 0 radical (unpaired) electrons. The zero-order chi connectivity index (χ0) is 15.5. The fourth-order valence-corrected chi connectivity index (χ4v) is 1.72. The van der Waals surface area contributed by atoms with Crippen LogP contribution in [0.25, 0.3) is 0 Å². The van der Waals surface area contributed by atoms with Crippen molar-refractivity contribution in [2.24, 2.45) is 0 Å². The second-order valence-corrected chi connectivity index (χ2v) is 4.52. The van der Waals surface area contributed by atoms with Gasteiger partial charge in [-0.05, 0) is 32.0 Å². The molecule has 2 rings (SSSR count). The summed E-state index contributed by atoms with van der Waals surface area (Å²) in [7, 11) is 0. The predicted octanol–water partition coefficient (Wildman–Crippen LogP) is 4.63. The highest BCUT2D eigenvalue weighted by molar-refractivity contribution is 5.43. The molecule has 1 heterocycles. The van der Waals surface area contributed by atoms with Crippen LogP contribution in [0.3, 0.4) is 0 Å². The van der Waals surface area contributed by atoms with Gasteiger partial charge in [-0.15, -0.1) is 0 Å². The number of nitrogens with one attached hydrogen (secondary N) is 1. The molecule has 0 spiro atoms. The molecule has 2 aromatic rings. The number of rotatable bonds is 4. The summed E-state index contributed by atoms with van der Waals surface area (Å²) in [5.74, 6) is 0.480. The van der Waals surface area contributed by atoms with E-state index < -0.39 is 11.7 Å². The second-order valence-electron chi connectivity index (χ2n) is 4.52. The molecular formula is C15H15F3N2O. The number of anilines is 1. The number of aromatic nitrogens is 1. The number of hydrogen-bond donors (Lipinski definition) is 1. The maximum absolute atomic E-state index is 12.9. The van der Waals surface area contributed by atoms with Crippen LogP contribution in [0.5, 0.6) is 11.6 Å². The van der Waals surface area contributed by atoms with Crippen LogP contribution in [0, 0.1) is 6.92 Å². The molecule has 0 aliphatic heterocycles. The number of ether oxygens (including phenoxy) is 1. The molecule has 0 aliphatic carbocycles. The Morgan fingerprint density at radius 2 is 1.81 bits per heavy atom. The lowest BCUT2D eigenvalue weighted by Crippen LogP contribution is -2.08. The summed E-state index contributed by atoms with van der Waals surface area (Å²) in [6.45, 7) is 4.16. The molecule has 0 fully saturated rings. The monoisotopic (exact) mass is 296 g/mol. The smallest absolute Gasteiger partial charge is 0.416 e. The van der Waals surface area contributed by atoms with E-state index in [1.165, 1.54) is 0 Å². The van der Waals surface area contributed by atoms with E-state index in [9.17, 15) is 13.2 Å². The lowest BCUT2D eigenvalue weighted by Gasteiger charge is -2.12. The lowest BCUT2D eigenvalue weighted by molar-refractivity contribution is -0.137. The minimum absolute atomic E-state index is 0.0929. The van der Waals surface area contributed by atoms with Crippen molar-refractivity contribution in [2.75, 3.05) is 11.9 Å². The van der Waals surface area contributed by atoms with E-state index in [1.54, 1.807) is 19.1 Å². The van der Waals surface area contributed by atoms with Crippen LogP contribution in [-0.4, -0.2) is 11.5 Å². The van der Waals surface area contributed by atoms with Crippen LogP contribution >= 0.6 is 0 Å². The largest absolute Gasteiger partial charge is 0.439 e. The first-order chi connectivity index (χ1) is 9.88. The van der Waals surface area contributed by atoms with Gasteiger partial charge in [-0.1, -0.05) is 17.7 Å². The molecule has 0 bridgehead atoms. The van der Waals surface area contributed by atoms with Crippen LogP contribution < -0.4 is 10.1 Å². The molecule has 21 heavy (non-hydrogen) atoms. The summed E-state index contributed by atoms with van der Waals surface area (Å²) in [5, 5.41) is 2.76. The van der Waals surface area contributed by atoms with Crippen LogP contribution in [0.2, 0.25) is 0 Å². The molecule has 0 atom stereocenters. The fourth-order valence-electron chi connectivity index (χ4n) is 1.72. The molecule has 0 amide bonds. The number of hydrogen-bond acceptors (Lipinski definition) is 3. The summed E-state index contributed by atoms with van der Waals surface area (Å²) in [6.07, 6.45) is -4.45. The van der Waals surface area contributed by atoms with E-state index in [1.807, 2.05) is 19.1 Å². The third-order valence-electron chi connectivity index (χ3n) is 2.73. The Bertz CT molecular complexity index is 609. The minimum atomic E-state index is -4.45. The van der Waals surface area contributed by atoms with Crippen molar-refractivity contribution in [3.63, 3.8) is 0 Å². The number of halogens is 3.